The Labute approximate surface area is 95.0 Å². The lowest BCUT2D eigenvalue weighted by Gasteiger charge is -2.05. The van der Waals surface area contributed by atoms with E-state index in [0.29, 0.717) is 0 Å². The molecule has 0 heterocycles. The van der Waals surface area contributed by atoms with Crippen LogP contribution in [0.3, 0.4) is 0 Å². The first-order valence-electron chi connectivity index (χ1n) is 3.79. The van der Waals surface area contributed by atoms with Gasteiger partial charge in [0.15, 0.2) is 0 Å². The molecule has 1 nitrogen and oxygen atoms in total. The quantitative estimate of drug-likeness (QED) is 0.824. The van der Waals surface area contributed by atoms with Gasteiger partial charge in [0.2, 0.25) is 0 Å². The van der Waals surface area contributed by atoms with E-state index in [0.717, 1.165) is 10.9 Å². The highest BCUT2D eigenvalue weighted by Crippen LogP contribution is 2.20. The van der Waals surface area contributed by atoms with Crippen LogP contribution in [0.1, 0.15) is 12.5 Å². The van der Waals surface area contributed by atoms with Gasteiger partial charge in [0.05, 0.1) is 0 Å². The molecule has 0 bridgehead atoms. The van der Waals surface area contributed by atoms with E-state index in [2.05, 4.69) is 56.7 Å². The van der Waals surface area contributed by atoms with Crippen LogP contribution in [-0.2, 0) is 6.42 Å². The van der Waals surface area contributed by atoms with Gasteiger partial charge in [-0.25, -0.2) is 0 Å². The van der Waals surface area contributed by atoms with Gasteiger partial charge in [-0.2, -0.15) is 0 Å². The van der Waals surface area contributed by atoms with E-state index in [1.54, 1.807) is 0 Å². The first-order chi connectivity index (χ1) is 5.59. The third-order valence-electron chi connectivity index (χ3n) is 1.54. The zero-order valence-electron chi connectivity index (χ0n) is 6.85. The molecule has 1 aromatic carbocycles. The van der Waals surface area contributed by atoms with Crippen molar-refractivity contribution in [2.75, 3.05) is 0 Å². The second-order valence-electron chi connectivity index (χ2n) is 2.93. The lowest BCUT2D eigenvalue weighted by atomic mass is 10.1. The molecule has 0 aromatic heterocycles. The largest absolute Gasteiger partial charge is 0.328 e. The number of hydrogen-bond donors (Lipinski definition) is 1. The van der Waals surface area contributed by atoms with E-state index in [1.807, 2.05) is 6.92 Å². The van der Waals surface area contributed by atoms with Crippen LogP contribution in [-0.4, -0.2) is 6.04 Å². The molecule has 66 valence electrons. The number of hydrogen-bond acceptors (Lipinski definition) is 1. The van der Waals surface area contributed by atoms with E-state index in [9.17, 15) is 0 Å². The zero-order valence-corrected chi connectivity index (χ0v) is 10.6. The fraction of sp³-hybridized carbons (Fsp3) is 0.333. The summed E-state index contributed by atoms with van der Waals surface area (Å²) in [7, 11) is 0. The van der Waals surface area contributed by atoms with Crippen LogP contribution in [0.25, 0.3) is 0 Å². The lowest BCUT2D eigenvalue weighted by molar-refractivity contribution is 0.738. The van der Waals surface area contributed by atoms with Crippen molar-refractivity contribution in [3.63, 3.8) is 0 Å². The van der Waals surface area contributed by atoms with Gasteiger partial charge >= 0.3 is 0 Å². The predicted octanol–water partition coefficient (Wildman–Crippen LogP) is 2.94. The average Bonchev–Trinajstić information content (AvgIpc) is 1.96. The molecule has 1 aromatic rings. The topological polar surface area (TPSA) is 26.0 Å². The minimum absolute atomic E-state index is 0.233. The average molecular weight is 340 g/mol. The van der Waals surface area contributed by atoms with Crippen LogP contribution < -0.4 is 5.73 Å². The SMILES string of the molecule is CC(N)Cc1ccc(I)c(Br)c1. The van der Waals surface area contributed by atoms with Gasteiger partial charge in [0, 0.05) is 14.1 Å². The summed E-state index contributed by atoms with van der Waals surface area (Å²) in [6, 6.07) is 6.58. The Bertz CT molecular complexity index is 273. The summed E-state index contributed by atoms with van der Waals surface area (Å²) in [5.74, 6) is 0. The third kappa shape index (κ3) is 3.03. The van der Waals surface area contributed by atoms with Crippen molar-refractivity contribution in [2.45, 2.75) is 19.4 Å². The van der Waals surface area contributed by atoms with Crippen LogP contribution in [0.2, 0.25) is 0 Å². The highest BCUT2D eigenvalue weighted by molar-refractivity contribution is 14.1. The summed E-state index contributed by atoms with van der Waals surface area (Å²) < 4.78 is 2.39. The second kappa shape index (κ2) is 4.58. The van der Waals surface area contributed by atoms with Crippen LogP contribution in [0.4, 0.5) is 0 Å². The van der Waals surface area contributed by atoms with E-state index in [1.165, 1.54) is 9.13 Å². The van der Waals surface area contributed by atoms with Gasteiger partial charge in [0.1, 0.15) is 0 Å². The van der Waals surface area contributed by atoms with E-state index in [-0.39, 0.29) is 6.04 Å². The summed E-state index contributed by atoms with van der Waals surface area (Å²) in [5, 5.41) is 0. The standard InChI is InChI=1S/C9H11BrIN/c1-6(12)4-7-2-3-9(11)8(10)5-7/h2-3,5-6H,4,12H2,1H3. The lowest BCUT2D eigenvalue weighted by Crippen LogP contribution is -2.17. The minimum Gasteiger partial charge on any atom is -0.328 e. The molecule has 12 heavy (non-hydrogen) atoms. The summed E-state index contributed by atoms with van der Waals surface area (Å²) in [4.78, 5) is 0. The van der Waals surface area contributed by atoms with Gasteiger partial charge in [-0.15, -0.1) is 0 Å². The minimum atomic E-state index is 0.233. The fourth-order valence-corrected chi connectivity index (χ4v) is 1.80. The molecular formula is C9H11BrIN. The predicted molar refractivity (Wildman–Crippen MR) is 64.2 cm³/mol. The molecule has 0 radical (unpaired) electrons. The molecular weight excluding hydrogens is 329 g/mol. The molecule has 0 aliphatic heterocycles. The molecule has 0 spiro atoms. The molecule has 2 N–H and O–H groups in total. The summed E-state index contributed by atoms with van der Waals surface area (Å²) in [5.41, 5.74) is 6.98. The van der Waals surface area contributed by atoms with Crippen molar-refractivity contribution in [1.82, 2.24) is 0 Å². The number of rotatable bonds is 2. The number of halogens is 2. The summed E-state index contributed by atoms with van der Waals surface area (Å²) in [6.45, 7) is 2.02. The third-order valence-corrected chi connectivity index (χ3v) is 3.88. The van der Waals surface area contributed by atoms with Gasteiger partial charge in [-0.05, 0) is 69.6 Å². The molecule has 1 unspecified atom stereocenters. The van der Waals surface area contributed by atoms with E-state index >= 15 is 0 Å². The van der Waals surface area contributed by atoms with Gasteiger partial charge < -0.3 is 5.73 Å². The maximum Gasteiger partial charge on any atom is 0.0311 e. The first kappa shape index (κ1) is 10.5. The van der Waals surface area contributed by atoms with Crippen LogP contribution in [0.5, 0.6) is 0 Å². The van der Waals surface area contributed by atoms with Crippen molar-refractivity contribution < 1.29 is 0 Å². The Hall–Kier alpha value is 0.390. The van der Waals surface area contributed by atoms with Crippen molar-refractivity contribution in [3.8, 4) is 0 Å². The maximum absolute atomic E-state index is 5.70. The Morgan fingerprint density at radius 1 is 1.58 bits per heavy atom. The smallest absolute Gasteiger partial charge is 0.0311 e. The fourth-order valence-electron chi connectivity index (χ4n) is 1.04. The van der Waals surface area contributed by atoms with Crippen molar-refractivity contribution in [2.24, 2.45) is 5.73 Å². The highest BCUT2D eigenvalue weighted by Gasteiger charge is 2.00. The highest BCUT2D eigenvalue weighted by atomic mass is 127. The van der Waals surface area contributed by atoms with Gasteiger partial charge in [-0.1, -0.05) is 6.07 Å². The van der Waals surface area contributed by atoms with Crippen molar-refractivity contribution in [1.29, 1.82) is 0 Å². The van der Waals surface area contributed by atoms with Crippen molar-refractivity contribution in [3.05, 3.63) is 31.8 Å². The van der Waals surface area contributed by atoms with E-state index < -0.39 is 0 Å². The summed E-state index contributed by atoms with van der Waals surface area (Å²) >= 11 is 5.78. The monoisotopic (exact) mass is 339 g/mol. The Balaban J connectivity index is 2.82. The molecule has 0 saturated heterocycles. The van der Waals surface area contributed by atoms with Crippen LogP contribution >= 0.6 is 38.5 Å². The van der Waals surface area contributed by atoms with Crippen LogP contribution in [0, 0.1) is 3.57 Å². The first-order valence-corrected chi connectivity index (χ1v) is 5.66. The Morgan fingerprint density at radius 3 is 2.75 bits per heavy atom. The van der Waals surface area contributed by atoms with Gasteiger partial charge in [0.25, 0.3) is 0 Å². The maximum atomic E-state index is 5.70. The summed E-state index contributed by atoms with van der Waals surface area (Å²) in [6.07, 6.45) is 0.940. The van der Waals surface area contributed by atoms with Crippen LogP contribution in [0.15, 0.2) is 22.7 Å². The zero-order chi connectivity index (χ0) is 9.14. The van der Waals surface area contributed by atoms with E-state index in [4.69, 9.17) is 5.73 Å². The van der Waals surface area contributed by atoms with Gasteiger partial charge in [-0.3, -0.25) is 0 Å². The molecule has 1 rings (SSSR count). The molecule has 1 atom stereocenters. The Morgan fingerprint density at radius 2 is 2.25 bits per heavy atom. The second-order valence-corrected chi connectivity index (χ2v) is 4.95. The molecule has 0 saturated carbocycles. The molecule has 0 amide bonds. The number of benzene rings is 1. The number of nitrogens with two attached hydrogens (primary N) is 1. The molecule has 3 heteroatoms. The molecule has 0 aliphatic rings. The molecule has 0 fully saturated rings. The molecule has 0 aliphatic carbocycles. The normalized spacial score (nSPS) is 13.0. The van der Waals surface area contributed by atoms with Crippen molar-refractivity contribution >= 4 is 38.5 Å². The Kier molecular flexibility index (Phi) is 3.99.